The van der Waals surface area contributed by atoms with Gasteiger partial charge in [0.25, 0.3) is 0 Å². The summed E-state index contributed by atoms with van der Waals surface area (Å²) in [6, 6.07) is 13.8. The lowest BCUT2D eigenvalue weighted by Gasteiger charge is -2.32. The average molecular weight is 286 g/mol. The maximum atomic E-state index is 14.2. The molecule has 4 heteroatoms. The zero-order valence-electron chi connectivity index (χ0n) is 12.2. The SMILES string of the molecule is CCC(Nc1ccc(C)cc1)(C(N)=O)c1ccccc1F. The summed E-state index contributed by atoms with van der Waals surface area (Å²) in [7, 11) is 0. The standard InChI is InChI=1S/C17H19FN2O/c1-3-17(16(19)21,14-6-4-5-7-15(14)18)20-13-10-8-12(2)9-11-13/h4-11,20H,3H2,1-2H3,(H2,19,21). The van der Waals surface area contributed by atoms with E-state index in [2.05, 4.69) is 5.32 Å². The molecule has 0 aliphatic rings. The number of rotatable bonds is 5. The minimum atomic E-state index is -1.26. The molecular formula is C17H19FN2O. The van der Waals surface area contributed by atoms with Gasteiger partial charge in [-0.05, 0) is 31.5 Å². The van der Waals surface area contributed by atoms with E-state index in [1.54, 1.807) is 25.1 Å². The van der Waals surface area contributed by atoms with Crippen molar-refractivity contribution < 1.29 is 9.18 Å². The fourth-order valence-electron chi connectivity index (χ4n) is 2.41. The summed E-state index contributed by atoms with van der Waals surface area (Å²) in [6.07, 6.45) is 0.344. The number of nitrogens with one attached hydrogen (secondary N) is 1. The smallest absolute Gasteiger partial charge is 0.247 e. The first-order valence-corrected chi connectivity index (χ1v) is 6.89. The Morgan fingerprint density at radius 2 is 1.81 bits per heavy atom. The molecule has 3 nitrogen and oxygen atoms in total. The van der Waals surface area contributed by atoms with Crippen molar-refractivity contribution in [1.29, 1.82) is 0 Å². The summed E-state index contributed by atoms with van der Waals surface area (Å²) in [4.78, 5) is 12.1. The van der Waals surface area contributed by atoms with E-state index in [1.165, 1.54) is 6.07 Å². The third kappa shape index (κ3) is 2.89. The second-order valence-corrected chi connectivity index (χ2v) is 5.09. The molecule has 0 heterocycles. The lowest BCUT2D eigenvalue weighted by atomic mass is 9.85. The molecule has 0 spiro atoms. The highest BCUT2D eigenvalue weighted by atomic mass is 19.1. The van der Waals surface area contributed by atoms with Crippen LogP contribution in [0.4, 0.5) is 10.1 Å². The molecule has 0 saturated heterocycles. The van der Waals surface area contributed by atoms with Crippen molar-refractivity contribution in [3.63, 3.8) is 0 Å². The predicted octanol–water partition coefficient (Wildman–Crippen LogP) is 3.34. The molecule has 2 aromatic rings. The van der Waals surface area contributed by atoms with Crippen LogP contribution in [0.2, 0.25) is 0 Å². The first kappa shape index (κ1) is 15.0. The fraction of sp³-hybridized carbons (Fsp3) is 0.235. The van der Waals surface area contributed by atoms with E-state index in [0.29, 0.717) is 6.42 Å². The van der Waals surface area contributed by atoms with E-state index in [9.17, 15) is 9.18 Å². The molecule has 3 N–H and O–H groups in total. The summed E-state index contributed by atoms with van der Waals surface area (Å²) < 4.78 is 14.2. The summed E-state index contributed by atoms with van der Waals surface area (Å²) in [5.41, 5.74) is 6.42. The van der Waals surface area contributed by atoms with Gasteiger partial charge in [0.05, 0.1) is 0 Å². The average Bonchev–Trinajstić information content (AvgIpc) is 2.47. The Bertz CT molecular complexity index is 639. The number of aryl methyl sites for hydroxylation is 1. The van der Waals surface area contributed by atoms with E-state index >= 15 is 0 Å². The molecule has 1 unspecified atom stereocenters. The number of carbonyl (C=O) groups excluding carboxylic acids is 1. The Morgan fingerprint density at radius 3 is 2.33 bits per heavy atom. The van der Waals surface area contributed by atoms with Crippen LogP contribution >= 0.6 is 0 Å². The number of benzene rings is 2. The third-order valence-corrected chi connectivity index (χ3v) is 3.69. The molecule has 2 aromatic carbocycles. The molecule has 2 rings (SSSR count). The molecule has 0 aliphatic carbocycles. The Hall–Kier alpha value is -2.36. The van der Waals surface area contributed by atoms with Crippen molar-refractivity contribution in [2.75, 3.05) is 5.32 Å². The van der Waals surface area contributed by atoms with Crippen LogP contribution in [0.1, 0.15) is 24.5 Å². The van der Waals surface area contributed by atoms with Crippen LogP contribution < -0.4 is 11.1 Å². The summed E-state index contributed by atoms with van der Waals surface area (Å²) in [5, 5.41) is 3.11. The molecule has 21 heavy (non-hydrogen) atoms. The number of anilines is 1. The van der Waals surface area contributed by atoms with Crippen LogP contribution in [-0.4, -0.2) is 5.91 Å². The summed E-state index contributed by atoms with van der Waals surface area (Å²) >= 11 is 0. The maximum absolute atomic E-state index is 14.2. The van der Waals surface area contributed by atoms with Gasteiger partial charge in [-0.3, -0.25) is 4.79 Å². The van der Waals surface area contributed by atoms with E-state index in [4.69, 9.17) is 5.73 Å². The number of primary amides is 1. The van der Waals surface area contributed by atoms with Gasteiger partial charge in [-0.2, -0.15) is 0 Å². The van der Waals surface area contributed by atoms with Crippen molar-refractivity contribution in [1.82, 2.24) is 0 Å². The molecule has 0 saturated carbocycles. The maximum Gasteiger partial charge on any atom is 0.247 e. The van der Waals surface area contributed by atoms with Crippen LogP contribution in [0.25, 0.3) is 0 Å². The molecule has 0 aliphatic heterocycles. The topological polar surface area (TPSA) is 55.1 Å². The van der Waals surface area contributed by atoms with Crippen molar-refractivity contribution >= 4 is 11.6 Å². The van der Waals surface area contributed by atoms with Crippen molar-refractivity contribution in [2.45, 2.75) is 25.8 Å². The van der Waals surface area contributed by atoms with Crippen LogP contribution in [0.15, 0.2) is 48.5 Å². The fourth-order valence-corrected chi connectivity index (χ4v) is 2.41. The highest BCUT2D eigenvalue weighted by Gasteiger charge is 2.38. The number of hydrogen-bond acceptors (Lipinski definition) is 2. The van der Waals surface area contributed by atoms with Crippen molar-refractivity contribution in [2.24, 2.45) is 5.73 Å². The molecule has 0 aromatic heterocycles. The second kappa shape index (κ2) is 5.95. The van der Waals surface area contributed by atoms with Gasteiger partial charge in [0, 0.05) is 11.3 Å². The van der Waals surface area contributed by atoms with Gasteiger partial charge in [0.2, 0.25) is 5.91 Å². The lowest BCUT2D eigenvalue weighted by Crippen LogP contribution is -2.48. The zero-order valence-corrected chi connectivity index (χ0v) is 12.2. The first-order chi connectivity index (χ1) is 9.99. The van der Waals surface area contributed by atoms with E-state index in [1.807, 2.05) is 31.2 Å². The Labute approximate surface area is 124 Å². The highest BCUT2D eigenvalue weighted by Crippen LogP contribution is 2.31. The van der Waals surface area contributed by atoms with Gasteiger partial charge in [-0.25, -0.2) is 4.39 Å². The van der Waals surface area contributed by atoms with Gasteiger partial charge in [-0.1, -0.05) is 42.8 Å². The van der Waals surface area contributed by atoms with Crippen LogP contribution in [0.3, 0.4) is 0 Å². The molecule has 0 fully saturated rings. The largest absolute Gasteiger partial charge is 0.368 e. The van der Waals surface area contributed by atoms with Gasteiger partial charge >= 0.3 is 0 Å². The first-order valence-electron chi connectivity index (χ1n) is 6.89. The lowest BCUT2D eigenvalue weighted by molar-refractivity contribution is -0.122. The van der Waals surface area contributed by atoms with Crippen LogP contribution in [0, 0.1) is 12.7 Å². The monoisotopic (exact) mass is 286 g/mol. The molecule has 0 radical (unpaired) electrons. The number of halogens is 1. The second-order valence-electron chi connectivity index (χ2n) is 5.09. The number of amides is 1. The van der Waals surface area contributed by atoms with Crippen molar-refractivity contribution in [3.8, 4) is 0 Å². The van der Waals surface area contributed by atoms with Crippen LogP contribution in [0.5, 0.6) is 0 Å². The van der Waals surface area contributed by atoms with Crippen molar-refractivity contribution in [3.05, 3.63) is 65.5 Å². The summed E-state index contributed by atoms with van der Waals surface area (Å²) in [5.74, 6) is -1.05. The van der Waals surface area contributed by atoms with Gasteiger partial charge in [0.15, 0.2) is 0 Å². The minimum absolute atomic E-state index is 0.264. The van der Waals surface area contributed by atoms with Crippen LogP contribution in [-0.2, 0) is 10.3 Å². The Kier molecular flexibility index (Phi) is 4.26. The Balaban J connectivity index is 2.50. The Morgan fingerprint density at radius 1 is 1.19 bits per heavy atom. The number of nitrogens with two attached hydrogens (primary N) is 1. The van der Waals surface area contributed by atoms with E-state index in [0.717, 1.165) is 11.3 Å². The quantitative estimate of drug-likeness (QED) is 0.885. The van der Waals surface area contributed by atoms with E-state index < -0.39 is 17.3 Å². The van der Waals surface area contributed by atoms with Gasteiger partial charge in [0.1, 0.15) is 11.4 Å². The molecule has 1 atom stereocenters. The highest BCUT2D eigenvalue weighted by molar-refractivity contribution is 5.89. The normalized spacial score (nSPS) is 13.5. The van der Waals surface area contributed by atoms with E-state index in [-0.39, 0.29) is 5.56 Å². The number of carbonyl (C=O) groups is 1. The zero-order chi connectivity index (χ0) is 15.5. The molecule has 110 valence electrons. The van der Waals surface area contributed by atoms with Gasteiger partial charge < -0.3 is 11.1 Å². The number of hydrogen-bond donors (Lipinski definition) is 2. The van der Waals surface area contributed by atoms with Gasteiger partial charge in [-0.15, -0.1) is 0 Å². The predicted molar refractivity (Wildman–Crippen MR) is 82.4 cm³/mol. The summed E-state index contributed by atoms with van der Waals surface area (Å²) in [6.45, 7) is 3.78. The minimum Gasteiger partial charge on any atom is -0.368 e. The molecular weight excluding hydrogens is 267 g/mol. The molecule has 1 amide bonds. The molecule has 0 bridgehead atoms. The third-order valence-electron chi connectivity index (χ3n) is 3.69.